The van der Waals surface area contributed by atoms with Crippen LogP contribution in [0.1, 0.15) is 37.6 Å². The summed E-state index contributed by atoms with van der Waals surface area (Å²) in [5.74, 6) is 0.677. The van der Waals surface area contributed by atoms with Crippen LogP contribution in [0.5, 0.6) is 0 Å². The lowest BCUT2D eigenvalue weighted by molar-refractivity contribution is -0.126. The number of thiazole rings is 1. The normalized spacial score (nSPS) is 18.5. The first-order chi connectivity index (χ1) is 10.7. The van der Waals surface area contributed by atoms with Crippen LogP contribution in [0.4, 0.5) is 0 Å². The number of amides is 1. The van der Waals surface area contributed by atoms with Gasteiger partial charge in [-0.05, 0) is 51.9 Å². The minimum atomic E-state index is -0.0312. The standard InChI is InChI=1S/C17H23N3OS/c1-3-18-16(21)12(2)20-10-8-13(9-11-20)17-19-14-6-4-5-7-15(14)22-17/h4-7,12-13H,3,8-11H2,1-2H3,(H,18,21)/t12-/m0/s1. The molecule has 5 heteroatoms. The van der Waals surface area contributed by atoms with Crippen LogP contribution in [-0.2, 0) is 4.79 Å². The number of benzene rings is 1. The molecule has 1 saturated heterocycles. The summed E-state index contributed by atoms with van der Waals surface area (Å²) in [6.45, 7) is 6.61. The third-order valence-electron chi connectivity index (χ3n) is 4.47. The first-order valence-corrected chi connectivity index (χ1v) is 8.88. The number of aromatic nitrogens is 1. The number of carbonyl (C=O) groups is 1. The predicted molar refractivity (Wildman–Crippen MR) is 91.3 cm³/mol. The highest BCUT2D eigenvalue weighted by Crippen LogP contribution is 2.34. The summed E-state index contributed by atoms with van der Waals surface area (Å²) in [6.07, 6.45) is 2.17. The molecule has 0 spiro atoms. The molecular weight excluding hydrogens is 294 g/mol. The van der Waals surface area contributed by atoms with Crippen molar-refractivity contribution in [3.8, 4) is 0 Å². The smallest absolute Gasteiger partial charge is 0.237 e. The number of likely N-dealkylation sites (N-methyl/N-ethyl adjacent to an activating group) is 1. The van der Waals surface area contributed by atoms with Crippen LogP contribution in [0.3, 0.4) is 0 Å². The number of nitrogens with one attached hydrogen (secondary N) is 1. The van der Waals surface area contributed by atoms with Crippen LogP contribution in [0.25, 0.3) is 10.2 Å². The van der Waals surface area contributed by atoms with Gasteiger partial charge in [0.15, 0.2) is 0 Å². The average Bonchev–Trinajstić information content (AvgIpc) is 2.98. The molecule has 1 fully saturated rings. The fraction of sp³-hybridized carbons (Fsp3) is 0.529. The maximum absolute atomic E-state index is 11.9. The summed E-state index contributed by atoms with van der Waals surface area (Å²) in [7, 11) is 0. The van der Waals surface area contributed by atoms with E-state index in [2.05, 4.69) is 28.4 Å². The Hall–Kier alpha value is -1.46. The molecule has 1 aromatic heterocycles. The van der Waals surface area contributed by atoms with E-state index in [-0.39, 0.29) is 11.9 Å². The monoisotopic (exact) mass is 317 g/mol. The molecule has 1 aliphatic heterocycles. The molecule has 3 rings (SSSR count). The van der Waals surface area contributed by atoms with Crippen molar-refractivity contribution in [1.82, 2.24) is 15.2 Å². The van der Waals surface area contributed by atoms with Crippen LogP contribution < -0.4 is 5.32 Å². The van der Waals surface area contributed by atoms with Gasteiger partial charge in [-0.3, -0.25) is 9.69 Å². The molecule has 0 saturated carbocycles. The Morgan fingerprint density at radius 2 is 2.14 bits per heavy atom. The number of piperidine rings is 1. The van der Waals surface area contributed by atoms with Gasteiger partial charge in [0.1, 0.15) is 0 Å². The van der Waals surface area contributed by atoms with E-state index in [1.807, 2.05) is 31.3 Å². The zero-order valence-corrected chi connectivity index (χ0v) is 14.0. The van der Waals surface area contributed by atoms with Gasteiger partial charge in [0.2, 0.25) is 5.91 Å². The van der Waals surface area contributed by atoms with E-state index < -0.39 is 0 Å². The minimum absolute atomic E-state index is 0.0312. The van der Waals surface area contributed by atoms with Gasteiger partial charge < -0.3 is 5.32 Å². The van der Waals surface area contributed by atoms with Crippen molar-refractivity contribution in [3.05, 3.63) is 29.3 Å². The number of nitrogens with zero attached hydrogens (tertiary/aromatic N) is 2. The number of carbonyl (C=O) groups excluding carboxylic acids is 1. The number of fused-ring (bicyclic) bond motifs is 1. The van der Waals surface area contributed by atoms with Crippen molar-refractivity contribution in [2.45, 2.75) is 38.6 Å². The van der Waals surface area contributed by atoms with Gasteiger partial charge in [0.25, 0.3) is 0 Å². The Balaban J connectivity index is 1.62. The summed E-state index contributed by atoms with van der Waals surface area (Å²) in [5, 5.41) is 4.17. The van der Waals surface area contributed by atoms with E-state index in [0.29, 0.717) is 12.5 Å². The number of rotatable bonds is 4. The van der Waals surface area contributed by atoms with Gasteiger partial charge in [-0.1, -0.05) is 12.1 Å². The summed E-state index contributed by atoms with van der Waals surface area (Å²) in [5.41, 5.74) is 1.11. The van der Waals surface area contributed by atoms with E-state index in [9.17, 15) is 4.79 Å². The van der Waals surface area contributed by atoms with E-state index in [1.165, 1.54) is 9.71 Å². The van der Waals surface area contributed by atoms with E-state index in [0.717, 1.165) is 31.4 Å². The van der Waals surface area contributed by atoms with E-state index in [1.54, 1.807) is 0 Å². The van der Waals surface area contributed by atoms with Crippen LogP contribution >= 0.6 is 11.3 Å². The molecule has 0 unspecified atom stereocenters. The van der Waals surface area contributed by atoms with Crippen molar-refractivity contribution < 1.29 is 4.79 Å². The van der Waals surface area contributed by atoms with Crippen molar-refractivity contribution >= 4 is 27.5 Å². The molecule has 0 radical (unpaired) electrons. The Kier molecular flexibility index (Phi) is 4.74. The quantitative estimate of drug-likeness (QED) is 0.943. The Morgan fingerprint density at radius 3 is 2.82 bits per heavy atom. The van der Waals surface area contributed by atoms with Gasteiger partial charge in [0, 0.05) is 12.5 Å². The molecule has 1 aromatic carbocycles. The second kappa shape index (κ2) is 6.75. The van der Waals surface area contributed by atoms with Gasteiger partial charge in [-0.25, -0.2) is 4.98 Å². The van der Waals surface area contributed by atoms with Crippen molar-refractivity contribution in [2.24, 2.45) is 0 Å². The van der Waals surface area contributed by atoms with Gasteiger partial charge in [-0.15, -0.1) is 11.3 Å². The lowest BCUT2D eigenvalue weighted by Crippen LogP contribution is -2.48. The summed E-state index contributed by atoms with van der Waals surface area (Å²) >= 11 is 1.82. The summed E-state index contributed by atoms with van der Waals surface area (Å²) in [6, 6.07) is 8.31. The highest BCUT2D eigenvalue weighted by molar-refractivity contribution is 7.18. The van der Waals surface area contributed by atoms with Gasteiger partial charge >= 0.3 is 0 Å². The third kappa shape index (κ3) is 3.15. The molecule has 1 N–H and O–H groups in total. The minimum Gasteiger partial charge on any atom is -0.355 e. The molecule has 118 valence electrons. The van der Waals surface area contributed by atoms with Crippen molar-refractivity contribution in [3.63, 3.8) is 0 Å². The average molecular weight is 317 g/mol. The molecule has 22 heavy (non-hydrogen) atoms. The van der Waals surface area contributed by atoms with E-state index in [4.69, 9.17) is 4.98 Å². The van der Waals surface area contributed by atoms with E-state index >= 15 is 0 Å². The molecule has 1 atom stereocenters. The molecule has 0 aliphatic carbocycles. The molecular formula is C17H23N3OS. The molecule has 1 aliphatic rings. The Bertz CT molecular complexity index is 613. The number of hydrogen-bond donors (Lipinski definition) is 1. The number of likely N-dealkylation sites (tertiary alicyclic amines) is 1. The van der Waals surface area contributed by atoms with Gasteiger partial charge in [-0.2, -0.15) is 0 Å². The first-order valence-electron chi connectivity index (χ1n) is 8.06. The molecule has 2 heterocycles. The Labute approximate surface area is 135 Å². The largest absolute Gasteiger partial charge is 0.355 e. The fourth-order valence-corrected chi connectivity index (χ4v) is 4.22. The van der Waals surface area contributed by atoms with Crippen LogP contribution in [-0.4, -0.2) is 41.5 Å². The third-order valence-corrected chi connectivity index (χ3v) is 5.67. The first kappa shape index (κ1) is 15.4. The number of hydrogen-bond acceptors (Lipinski definition) is 4. The maximum atomic E-state index is 11.9. The fourth-order valence-electron chi connectivity index (χ4n) is 3.09. The lowest BCUT2D eigenvalue weighted by Gasteiger charge is -2.34. The van der Waals surface area contributed by atoms with Gasteiger partial charge in [0.05, 0.1) is 21.3 Å². The lowest BCUT2D eigenvalue weighted by atomic mass is 9.96. The predicted octanol–water partition coefficient (Wildman–Crippen LogP) is 3.00. The van der Waals surface area contributed by atoms with Crippen LogP contribution in [0.2, 0.25) is 0 Å². The highest BCUT2D eigenvalue weighted by Gasteiger charge is 2.28. The Morgan fingerprint density at radius 1 is 1.41 bits per heavy atom. The summed E-state index contributed by atoms with van der Waals surface area (Å²) in [4.78, 5) is 19.0. The maximum Gasteiger partial charge on any atom is 0.237 e. The summed E-state index contributed by atoms with van der Waals surface area (Å²) < 4.78 is 1.27. The second-order valence-electron chi connectivity index (χ2n) is 5.90. The second-order valence-corrected chi connectivity index (χ2v) is 6.96. The van der Waals surface area contributed by atoms with Crippen molar-refractivity contribution in [2.75, 3.05) is 19.6 Å². The number of para-hydroxylation sites is 1. The zero-order chi connectivity index (χ0) is 15.5. The molecule has 4 nitrogen and oxygen atoms in total. The topological polar surface area (TPSA) is 45.2 Å². The highest BCUT2D eigenvalue weighted by atomic mass is 32.1. The molecule has 2 aromatic rings. The van der Waals surface area contributed by atoms with Crippen LogP contribution in [0, 0.1) is 0 Å². The SMILES string of the molecule is CCNC(=O)[C@H](C)N1CCC(c2nc3ccccc3s2)CC1. The molecule has 0 bridgehead atoms. The van der Waals surface area contributed by atoms with Crippen LogP contribution in [0.15, 0.2) is 24.3 Å². The van der Waals surface area contributed by atoms with Crippen molar-refractivity contribution in [1.29, 1.82) is 0 Å². The zero-order valence-electron chi connectivity index (χ0n) is 13.2. The molecule has 1 amide bonds.